The van der Waals surface area contributed by atoms with Crippen molar-refractivity contribution in [2.75, 3.05) is 6.54 Å². The molecule has 3 rings (SSSR count). The molecule has 0 bridgehead atoms. The fraction of sp³-hybridized carbons (Fsp3) is 0.571. The van der Waals surface area contributed by atoms with Gasteiger partial charge in [-0.25, -0.2) is 0 Å². The van der Waals surface area contributed by atoms with Crippen LogP contribution in [-0.4, -0.2) is 29.2 Å². The summed E-state index contributed by atoms with van der Waals surface area (Å²) in [6.45, 7) is 6.36. The first-order chi connectivity index (χ1) is 12.4. The molecule has 1 heterocycles. The fourth-order valence-electron chi connectivity index (χ4n) is 4.20. The highest BCUT2D eigenvalue weighted by Gasteiger charge is 2.47. The fourth-order valence-corrected chi connectivity index (χ4v) is 4.20. The summed E-state index contributed by atoms with van der Waals surface area (Å²) in [5, 5.41) is 0. The van der Waals surface area contributed by atoms with Crippen LogP contribution in [0.25, 0.3) is 0 Å². The molecular formula is C21H27NO4. The number of amides is 2. The van der Waals surface area contributed by atoms with Crippen molar-refractivity contribution in [3.05, 3.63) is 29.3 Å². The van der Waals surface area contributed by atoms with Crippen molar-refractivity contribution in [1.29, 1.82) is 0 Å². The lowest BCUT2D eigenvalue weighted by molar-refractivity contribution is -0.141. The lowest BCUT2D eigenvalue weighted by Gasteiger charge is -2.19. The van der Waals surface area contributed by atoms with Gasteiger partial charge in [0.05, 0.1) is 18.3 Å². The Morgan fingerprint density at radius 2 is 1.77 bits per heavy atom. The Morgan fingerprint density at radius 1 is 1.15 bits per heavy atom. The molecule has 2 fully saturated rings. The van der Waals surface area contributed by atoms with E-state index in [0.29, 0.717) is 11.7 Å². The minimum absolute atomic E-state index is 0.0297. The Hall–Kier alpha value is -2.17. The van der Waals surface area contributed by atoms with Gasteiger partial charge >= 0.3 is 5.97 Å². The highest BCUT2D eigenvalue weighted by Crippen LogP contribution is 2.38. The molecule has 2 aliphatic rings. The smallest absolute Gasteiger partial charge is 0.312 e. The first-order valence-corrected chi connectivity index (χ1v) is 9.55. The van der Waals surface area contributed by atoms with E-state index in [4.69, 9.17) is 4.74 Å². The van der Waals surface area contributed by atoms with Crippen LogP contribution in [0, 0.1) is 18.8 Å². The molecule has 140 valence electrons. The standard InChI is InChI=1S/C21H27NO4/c1-13(2)16-9-8-15(12-14(16)3)26-19(23)10-11-22-20(24)17-6-4-5-7-18(17)21(22)25/h8-9,12-13,17-18H,4-7,10-11H2,1-3H3/t17-,18-/m0/s1. The van der Waals surface area contributed by atoms with Crippen molar-refractivity contribution in [3.63, 3.8) is 0 Å². The number of fused-ring (bicyclic) bond motifs is 1. The van der Waals surface area contributed by atoms with E-state index in [-0.39, 0.29) is 36.6 Å². The van der Waals surface area contributed by atoms with Crippen LogP contribution in [0.1, 0.15) is 63.0 Å². The number of ether oxygens (including phenoxy) is 1. The van der Waals surface area contributed by atoms with Crippen molar-refractivity contribution in [1.82, 2.24) is 4.90 Å². The summed E-state index contributed by atoms with van der Waals surface area (Å²) in [6, 6.07) is 5.62. The van der Waals surface area contributed by atoms with Gasteiger partial charge in [-0.05, 0) is 48.9 Å². The number of imide groups is 1. The number of benzene rings is 1. The first-order valence-electron chi connectivity index (χ1n) is 9.55. The largest absolute Gasteiger partial charge is 0.426 e. The van der Waals surface area contributed by atoms with Crippen molar-refractivity contribution >= 4 is 17.8 Å². The van der Waals surface area contributed by atoms with Gasteiger partial charge in [0.25, 0.3) is 0 Å². The third-order valence-electron chi connectivity index (χ3n) is 5.57. The first kappa shape index (κ1) is 18.6. The van der Waals surface area contributed by atoms with Crippen molar-refractivity contribution in [3.8, 4) is 5.75 Å². The lowest BCUT2D eigenvalue weighted by atomic mass is 9.81. The van der Waals surface area contributed by atoms with Gasteiger partial charge in [0.2, 0.25) is 11.8 Å². The van der Waals surface area contributed by atoms with Crippen LogP contribution >= 0.6 is 0 Å². The van der Waals surface area contributed by atoms with Crippen LogP contribution < -0.4 is 4.74 Å². The Morgan fingerprint density at radius 3 is 2.31 bits per heavy atom. The van der Waals surface area contributed by atoms with E-state index in [2.05, 4.69) is 13.8 Å². The molecule has 1 aliphatic heterocycles. The zero-order valence-corrected chi connectivity index (χ0v) is 15.8. The molecule has 0 spiro atoms. The van der Waals surface area contributed by atoms with Crippen LogP contribution in [0.2, 0.25) is 0 Å². The number of likely N-dealkylation sites (tertiary alicyclic amines) is 1. The van der Waals surface area contributed by atoms with Crippen LogP contribution in [0.4, 0.5) is 0 Å². The summed E-state index contributed by atoms with van der Waals surface area (Å²) in [5.74, 6) is -0.0523. The predicted octanol–water partition coefficient (Wildman–Crippen LogP) is 3.59. The van der Waals surface area contributed by atoms with E-state index in [1.54, 1.807) is 6.07 Å². The summed E-state index contributed by atoms with van der Waals surface area (Å²) < 4.78 is 5.39. The number of aryl methyl sites for hydroxylation is 1. The van der Waals surface area contributed by atoms with Crippen LogP contribution in [0.3, 0.4) is 0 Å². The van der Waals surface area contributed by atoms with Crippen LogP contribution in [0.5, 0.6) is 5.75 Å². The number of carbonyl (C=O) groups is 3. The molecule has 0 aromatic heterocycles. The van der Waals surface area contributed by atoms with Gasteiger partial charge in [-0.1, -0.05) is 32.8 Å². The molecule has 26 heavy (non-hydrogen) atoms. The molecule has 2 atom stereocenters. The minimum Gasteiger partial charge on any atom is -0.426 e. The number of esters is 1. The maximum atomic E-state index is 12.4. The molecule has 0 unspecified atom stereocenters. The molecule has 1 aromatic rings. The second-order valence-corrected chi connectivity index (χ2v) is 7.72. The van der Waals surface area contributed by atoms with E-state index in [1.165, 1.54) is 10.5 Å². The van der Waals surface area contributed by atoms with Crippen LogP contribution in [-0.2, 0) is 14.4 Å². The Labute approximate surface area is 154 Å². The number of hydrogen-bond donors (Lipinski definition) is 0. The molecule has 1 aromatic carbocycles. The minimum atomic E-state index is -0.419. The molecule has 0 radical (unpaired) electrons. The molecule has 5 nitrogen and oxygen atoms in total. The zero-order valence-electron chi connectivity index (χ0n) is 15.8. The molecule has 2 amide bonds. The lowest BCUT2D eigenvalue weighted by Crippen LogP contribution is -2.33. The number of hydrogen-bond acceptors (Lipinski definition) is 4. The Balaban J connectivity index is 1.57. The maximum absolute atomic E-state index is 12.4. The zero-order chi connectivity index (χ0) is 18.8. The average Bonchev–Trinajstić information content (AvgIpc) is 2.84. The summed E-state index contributed by atoms with van der Waals surface area (Å²) in [7, 11) is 0. The van der Waals surface area contributed by atoms with Gasteiger partial charge in [-0.3, -0.25) is 19.3 Å². The van der Waals surface area contributed by atoms with Gasteiger partial charge in [-0.15, -0.1) is 0 Å². The Kier molecular flexibility index (Phi) is 5.44. The summed E-state index contributed by atoms with van der Waals surface area (Å²) in [5.41, 5.74) is 2.31. The van der Waals surface area contributed by atoms with Crippen molar-refractivity contribution < 1.29 is 19.1 Å². The number of rotatable bonds is 5. The summed E-state index contributed by atoms with van der Waals surface area (Å²) in [6.07, 6.45) is 3.61. The molecule has 5 heteroatoms. The number of carbonyl (C=O) groups excluding carboxylic acids is 3. The monoisotopic (exact) mass is 357 g/mol. The second-order valence-electron chi connectivity index (χ2n) is 7.72. The van der Waals surface area contributed by atoms with E-state index in [1.807, 2.05) is 19.1 Å². The third-order valence-corrected chi connectivity index (χ3v) is 5.57. The van der Waals surface area contributed by atoms with E-state index in [9.17, 15) is 14.4 Å². The second kappa shape index (κ2) is 7.60. The molecule has 0 N–H and O–H groups in total. The van der Waals surface area contributed by atoms with E-state index >= 15 is 0 Å². The van der Waals surface area contributed by atoms with E-state index < -0.39 is 5.97 Å². The summed E-state index contributed by atoms with van der Waals surface area (Å²) in [4.78, 5) is 38.3. The molecule has 1 saturated carbocycles. The third kappa shape index (κ3) is 3.67. The maximum Gasteiger partial charge on any atom is 0.312 e. The van der Waals surface area contributed by atoms with Crippen molar-refractivity contribution in [2.45, 2.75) is 58.8 Å². The summed E-state index contributed by atoms with van der Waals surface area (Å²) >= 11 is 0. The van der Waals surface area contributed by atoms with E-state index in [0.717, 1.165) is 31.2 Å². The van der Waals surface area contributed by atoms with Gasteiger partial charge in [0.15, 0.2) is 0 Å². The SMILES string of the molecule is Cc1cc(OC(=O)CCN2C(=O)[C@H]3CCCC[C@@H]3C2=O)ccc1C(C)C. The molecule has 1 aliphatic carbocycles. The quantitative estimate of drug-likeness (QED) is 0.459. The normalized spacial score (nSPS) is 22.7. The van der Waals surface area contributed by atoms with Gasteiger partial charge in [0, 0.05) is 6.54 Å². The van der Waals surface area contributed by atoms with Gasteiger partial charge in [-0.2, -0.15) is 0 Å². The van der Waals surface area contributed by atoms with Gasteiger partial charge < -0.3 is 4.74 Å². The van der Waals surface area contributed by atoms with Crippen LogP contribution in [0.15, 0.2) is 18.2 Å². The average molecular weight is 357 g/mol. The number of nitrogens with zero attached hydrogens (tertiary/aromatic N) is 1. The van der Waals surface area contributed by atoms with Crippen molar-refractivity contribution in [2.24, 2.45) is 11.8 Å². The topological polar surface area (TPSA) is 63.7 Å². The Bertz CT molecular complexity index is 701. The predicted molar refractivity (Wildman–Crippen MR) is 97.7 cm³/mol. The molecular weight excluding hydrogens is 330 g/mol. The highest BCUT2D eigenvalue weighted by atomic mass is 16.5. The highest BCUT2D eigenvalue weighted by molar-refractivity contribution is 6.05. The van der Waals surface area contributed by atoms with Gasteiger partial charge in [0.1, 0.15) is 5.75 Å². The molecule has 1 saturated heterocycles.